The molecule has 2 amide bonds. The Hall–Kier alpha value is -3.22. The number of carbonyl (C=O) groups excluding carboxylic acids is 2. The number of fused-ring (bicyclic) bond motifs is 1. The van der Waals surface area contributed by atoms with Crippen LogP contribution in [0.25, 0.3) is 0 Å². The minimum atomic E-state index is -0.321. The summed E-state index contributed by atoms with van der Waals surface area (Å²) in [5.74, 6) is 1.10. The van der Waals surface area contributed by atoms with Crippen LogP contribution in [-0.2, 0) is 15.0 Å². The van der Waals surface area contributed by atoms with Crippen LogP contribution in [-0.4, -0.2) is 39.2 Å². The number of rotatable bonds is 5. The first-order valence-electron chi connectivity index (χ1n) is 9.32. The second kappa shape index (κ2) is 8.03. The highest BCUT2D eigenvalue weighted by atomic mass is 16.5. The van der Waals surface area contributed by atoms with Crippen molar-refractivity contribution in [1.82, 2.24) is 0 Å². The molecule has 1 N–H and O–H groups in total. The molecule has 0 radical (unpaired) electrons. The Morgan fingerprint density at radius 1 is 1.10 bits per heavy atom. The Morgan fingerprint density at radius 2 is 1.83 bits per heavy atom. The summed E-state index contributed by atoms with van der Waals surface area (Å²) in [5, 5.41) is 2.79. The summed E-state index contributed by atoms with van der Waals surface area (Å²) in [6.07, 6.45) is 0. The topological polar surface area (TPSA) is 77.1 Å². The lowest BCUT2D eigenvalue weighted by Gasteiger charge is -2.30. The average molecular weight is 398 g/mol. The molecule has 0 bridgehead atoms. The summed E-state index contributed by atoms with van der Waals surface area (Å²) in [4.78, 5) is 26.4. The van der Waals surface area contributed by atoms with Crippen LogP contribution in [0.1, 0.15) is 26.3 Å². The molecule has 29 heavy (non-hydrogen) atoms. The van der Waals surface area contributed by atoms with Crippen molar-refractivity contribution in [3.05, 3.63) is 42.0 Å². The van der Waals surface area contributed by atoms with Crippen molar-refractivity contribution >= 4 is 23.2 Å². The molecule has 0 aliphatic carbocycles. The number of amides is 2. The number of nitrogens with zero attached hydrogens (tertiary/aromatic N) is 1. The van der Waals surface area contributed by atoms with Crippen LogP contribution in [0, 0.1) is 0 Å². The molecule has 0 fully saturated rings. The number of benzene rings is 2. The van der Waals surface area contributed by atoms with E-state index in [4.69, 9.17) is 14.2 Å². The molecule has 0 unspecified atom stereocenters. The van der Waals surface area contributed by atoms with Crippen molar-refractivity contribution in [2.45, 2.75) is 26.2 Å². The van der Waals surface area contributed by atoms with Crippen molar-refractivity contribution < 1.29 is 23.8 Å². The van der Waals surface area contributed by atoms with E-state index in [-0.39, 0.29) is 30.4 Å². The highest BCUT2D eigenvalue weighted by Crippen LogP contribution is 2.36. The van der Waals surface area contributed by atoms with Crippen molar-refractivity contribution in [2.24, 2.45) is 0 Å². The van der Waals surface area contributed by atoms with Crippen LogP contribution in [0.15, 0.2) is 36.4 Å². The van der Waals surface area contributed by atoms with Crippen LogP contribution in [0.2, 0.25) is 0 Å². The molecule has 0 saturated heterocycles. The van der Waals surface area contributed by atoms with Gasteiger partial charge in [-0.05, 0) is 35.2 Å². The maximum absolute atomic E-state index is 12.6. The summed E-state index contributed by atoms with van der Waals surface area (Å²) in [6.45, 7) is 6.12. The lowest BCUT2D eigenvalue weighted by atomic mass is 9.86. The van der Waals surface area contributed by atoms with E-state index in [9.17, 15) is 9.59 Å². The standard InChI is InChI=1S/C22H26N2O5/c1-22(2,3)14-6-8-16-18(10-14)29-13-21(26)24(16)12-20(25)23-15-7-9-17(27-4)19(11-15)28-5/h6-11H,12-13H2,1-5H3,(H,23,25). The summed E-state index contributed by atoms with van der Waals surface area (Å²) < 4.78 is 16.1. The first-order chi connectivity index (χ1) is 13.7. The quantitative estimate of drug-likeness (QED) is 0.836. The second-order valence-electron chi connectivity index (χ2n) is 7.82. The molecular formula is C22H26N2O5. The number of hydrogen-bond acceptors (Lipinski definition) is 5. The van der Waals surface area contributed by atoms with Gasteiger partial charge in [0.1, 0.15) is 12.3 Å². The van der Waals surface area contributed by atoms with Gasteiger partial charge in [-0.2, -0.15) is 0 Å². The molecular weight excluding hydrogens is 372 g/mol. The largest absolute Gasteiger partial charge is 0.493 e. The van der Waals surface area contributed by atoms with E-state index in [0.717, 1.165) is 5.56 Å². The molecule has 154 valence electrons. The van der Waals surface area contributed by atoms with E-state index in [2.05, 4.69) is 26.1 Å². The lowest BCUT2D eigenvalue weighted by Crippen LogP contribution is -2.43. The van der Waals surface area contributed by atoms with Crippen molar-refractivity contribution in [3.8, 4) is 17.2 Å². The number of hydrogen-bond donors (Lipinski definition) is 1. The molecule has 2 aromatic carbocycles. The molecule has 1 aliphatic rings. The Bertz CT molecular complexity index is 933. The fraction of sp³-hybridized carbons (Fsp3) is 0.364. The van der Waals surface area contributed by atoms with E-state index in [1.165, 1.54) is 12.0 Å². The smallest absolute Gasteiger partial charge is 0.265 e. The highest BCUT2D eigenvalue weighted by Gasteiger charge is 2.28. The van der Waals surface area contributed by atoms with Gasteiger partial charge in [-0.1, -0.05) is 26.8 Å². The maximum atomic E-state index is 12.6. The minimum absolute atomic E-state index is 0.0462. The summed E-state index contributed by atoms with van der Waals surface area (Å²) >= 11 is 0. The van der Waals surface area contributed by atoms with Crippen LogP contribution in [0.5, 0.6) is 17.2 Å². The fourth-order valence-corrected chi connectivity index (χ4v) is 3.10. The number of anilines is 2. The predicted octanol–water partition coefficient (Wildman–Crippen LogP) is 3.37. The van der Waals surface area contributed by atoms with Gasteiger partial charge in [0, 0.05) is 11.8 Å². The average Bonchev–Trinajstić information content (AvgIpc) is 2.69. The molecule has 0 saturated carbocycles. The molecule has 3 rings (SSSR count). The summed E-state index contributed by atoms with van der Waals surface area (Å²) in [6, 6.07) is 10.8. The van der Waals surface area contributed by atoms with Gasteiger partial charge in [-0.3, -0.25) is 14.5 Å². The molecule has 2 aromatic rings. The van der Waals surface area contributed by atoms with Crippen molar-refractivity contribution in [3.63, 3.8) is 0 Å². The first kappa shape index (κ1) is 20.5. The SMILES string of the molecule is COc1ccc(NC(=O)CN2C(=O)COc3cc(C(C)(C)C)ccc32)cc1OC. The monoisotopic (exact) mass is 398 g/mol. The highest BCUT2D eigenvalue weighted by molar-refractivity contribution is 6.05. The normalized spacial score (nSPS) is 13.4. The van der Waals surface area contributed by atoms with Crippen LogP contribution in [0.3, 0.4) is 0 Å². The molecule has 7 heteroatoms. The maximum Gasteiger partial charge on any atom is 0.265 e. The zero-order chi connectivity index (χ0) is 21.2. The minimum Gasteiger partial charge on any atom is -0.493 e. The van der Waals surface area contributed by atoms with Gasteiger partial charge in [0.25, 0.3) is 5.91 Å². The van der Waals surface area contributed by atoms with Gasteiger partial charge in [-0.25, -0.2) is 0 Å². The van der Waals surface area contributed by atoms with E-state index < -0.39 is 0 Å². The Labute approximate surface area is 170 Å². The van der Waals surface area contributed by atoms with Crippen LogP contribution < -0.4 is 24.4 Å². The Balaban J connectivity index is 1.78. The molecule has 1 aliphatic heterocycles. The van der Waals surface area contributed by atoms with Gasteiger partial charge in [0.2, 0.25) is 5.91 Å². The third kappa shape index (κ3) is 4.45. The molecule has 0 spiro atoms. The van der Waals surface area contributed by atoms with E-state index in [1.807, 2.05) is 18.2 Å². The second-order valence-corrected chi connectivity index (χ2v) is 7.82. The van der Waals surface area contributed by atoms with E-state index in [1.54, 1.807) is 25.3 Å². The Kier molecular flexibility index (Phi) is 5.68. The van der Waals surface area contributed by atoms with Crippen LogP contribution >= 0.6 is 0 Å². The molecule has 7 nitrogen and oxygen atoms in total. The molecule has 1 heterocycles. The predicted molar refractivity (Wildman–Crippen MR) is 111 cm³/mol. The number of ether oxygens (including phenoxy) is 3. The van der Waals surface area contributed by atoms with Gasteiger partial charge in [-0.15, -0.1) is 0 Å². The third-order valence-electron chi connectivity index (χ3n) is 4.74. The van der Waals surface area contributed by atoms with Crippen LogP contribution in [0.4, 0.5) is 11.4 Å². The third-order valence-corrected chi connectivity index (χ3v) is 4.74. The van der Waals surface area contributed by atoms with Crippen molar-refractivity contribution in [1.29, 1.82) is 0 Å². The molecule has 0 aromatic heterocycles. The van der Waals surface area contributed by atoms with Gasteiger partial charge in [0.15, 0.2) is 18.1 Å². The van der Waals surface area contributed by atoms with E-state index >= 15 is 0 Å². The fourth-order valence-electron chi connectivity index (χ4n) is 3.10. The van der Waals surface area contributed by atoms with Crippen molar-refractivity contribution in [2.75, 3.05) is 37.6 Å². The van der Waals surface area contributed by atoms with Gasteiger partial charge < -0.3 is 19.5 Å². The Morgan fingerprint density at radius 3 is 2.48 bits per heavy atom. The van der Waals surface area contributed by atoms with E-state index in [0.29, 0.717) is 28.6 Å². The number of methoxy groups -OCH3 is 2. The van der Waals surface area contributed by atoms with Gasteiger partial charge in [0.05, 0.1) is 19.9 Å². The summed E-state index contributed by atoms with van der Waals surface area (Å²) in [5.41, 5.74) is 2.20. The molecule has 0 atom stereocenters. The number of nitrogens with one attached hydrogen (secondary N) is 1. The van der Waals surface area contributed by atoms with Gasteiger partial charge >= 0.3 is 0 Å². The zero-order valence-electron chi connectivity index (χ0n) is 17.4. The first-order valence-corrected chi connectivity index (χ1v) is 9.32. The number of carbonyl (C=O) groups is 2. The zero-order valence-corrected chi connectivity index (χ0v) is 17.4. The lowest BCUT2D eigenvalue weighted by molar-refractivity contribution is -0.123. The summed E-state index contributed by atoms with van der Waals surface area (Å²) in [7, 11) is 3.07.